The average molecular weight is 254 g/mol. The van der Waals surface area contributed by atoms with Crippen molar-refractivity contribution in [2.45, 2.75) is 18.6 Å². The van der Waals surface area contributed by atoms with Gasteiger partial charge in [0, 0.05) is 11.1 Å². The molecule has 1 atom stereocenters. The van der Waals surface area contributed by atoms with Crippen molar-refractivity contribution in [3.8, 4) is 0 Å². The molecule has 1 unspecified atom stereocenters. The Morgan fingerprint density at radius 1 is 1.38 bits per heavy atom. The molecule has 0 saturated heterocycles. The Labute approximate surface area is 95.8 Å². The Kier molecular flexibility index (Phi) is 4.18. The molecule has 0 aromatic heterocycles. The molecule has 0 amide bonds. The molecule has 16 heavy (non-hydrogen) atoms. The zero-order valence-corrected chi connectivity index (χ0v) is 9.02. The van der Waals surface area contributed by atoms with Crippen molar-refractivity contribution in [2.24, 2.45) is 5.73 Å². The second kappa shape index (κ2) is 5.03. The Morgan fingerprint density at radius 3 is 2.50 bits per heavy atom. The van der Waals surface area contributed by atoms with Gasteiger partial charge in [-0.05, 0) is 24.1 Å². The Morgan fingerprint density at radius 2 is 2.00 bits per heavy atom. The maximum atomic E-state index is 12.6. The summed E-state index contributed by atoms with van der Waals surface area (Å²) in [5, 5.41) is 8.74. The van der Waals surface area contributed by atoms with Gasteiger partial charge in [0.2, 0.25) is 0 Å². The van der Waals surface area contributed by atoms with Crippen LogP contribution in [0.4, 0.5) is 13.2 Å². The van der Waals surface area contributed by atoms with Gasteiger partial charge in [-0.3, -0.25) is 0 Å². The molecule has 0 radical (unpaired) electrons. The fourth-order valence-electron chi connectivity index (χ4n) is 1.36. The first-order valence-corrected chi connectivity index (χ1v) is 4.95. The normalized spacial score (nSPS) is 13.9. The average Bonchev–Trinajstić information content (AvgIpc) is 2.19. The third kappa shape index (κ3) is 3.10. The van der Waals surface area contributed by atoms with Crippen molar-refractivity contribution in [1.82, 2.24) is 0 Å². The van der Waals surface area contributed by atoms with Crippen LogP contribution < -0.4 is 5.73 Å². The number of hydrogen-bond acceptors (Lipinski definition) is 2. The standard InChI is InChI=1S/C10H11ClF3NO/c11-9-3-1-2-8(10(12,13)14)7(9)4-6(15)5-16/h1-3,6,16H,4-5,15H2. The van der Waals surface area contributed by atoms with Crippen molar-refractivity contribution in [3.05, 3.63) is 34.3 Å². The highest BCUT2D eigenvalue weighted by molar-refractivity contribution is 6.31. The third-order valence-corrected chi connectivity index (χ3v) is 2.48. The molecule has 0 aliphatic rings. The zero-order valence-electron chi connectivity index (χ0n) is 8.26. The number of aliphatic hydroxyl groups excluding tert-OH is 1. The molecule has 2 nitrogen and oxygen atoms in total. The molecule has 90 valence electrons. The smallest absolute Gasteiger partial charge is 0.395 e. The lowest BCUT2D eigenvalue weighted by molar-refractivity contribution is -0.138. The molecule has 0 aliphatic heterocycles. The first-order chi connectivity index (χ1) is 7.36. The van der Waals surface area contributed by atoms with E-state index in [0.717, 1.165) is 6.07 Å². The van der Waals surface area contributed by atoms with Gasteiger partial charge in [-0.15, -0.1) is 0 Å². The van der Waals surface area contributed by atoms with Gasteiger partial charge in [0.25, 0.3) is 0 Å². The molecule has 0 spiro atoms. The highest BCUT2D eigenvalue weighted by atomic mass is 35.5. The number of halogens is 4. The number of hydrogen-bond donors (Lipinski definition) is 2. The molecule has 1 aromatic carbocycles. The van der Waals surface area contributed by atoms with Crippen LogP contribution in [0.3, 0.4) is 0 Å². The van der Waals surface area contributed by atoms with E-state index in [9.17, 15) is 13.2 Å². The second-order valence-corrected chi connectivity index (χ2v) is 3.82. The summed E-state index contributed by atoms with van der Waals surface area (Å²) < 4.78 is 37.9. The summed E-state index contributed by atoms with van der Waals surface area (Å²) in [5.74, 6) is 0. The van der Waals surface area contributed by atoms with E-state index in [4.69, 9.17) is 22.4 Å². The van der Waals surface area contributed by atoms with Crippen LogP contribution in [-0.2, 0) is 12.6 Å². The van der Waals surface area contributed by atoms with Crippen LogP contribution in [-0.4, -0.2) is 17.8 Å². The van der Waals surface area contributed by atoms with E-state index in [1.54, 1.807) is 0 Å². The van der Waals surface area contributed by atoms with Gasteiger partial charge in [-0.25, -0.2) is 0 Å². The van der Waals surface area contributed by atoms with Gasteiger partial charge >= 0.3 is 6.18 Å². The molecular formula is C10H11ClF3NO. The van der Waals surface area contributed by atoms with Crippen LogP contribution in [0.1, 0.15) is 11.1 Å². The van der Waals surface area contributed by atoms with Crippen LogP contribution in [0.2, 0.25) is 5.02 Å². The van der Waals surface area contributed by atoms with Crippen molar-refractivity contribution in [3.63, 3.8) is 0 Å². The monoisotopic (exact) mass is 253 g/mol. The Bertz CT molecular complexity index is 368. The van der Waals surface area contributed by atoms with Crippen molar-refractivity contribution in [2.75, 3.05) is 6.61 Å². The van der Waals surface area contributed by atoms with E-state index in [-0.39, 0.29) is 23.6 Å². The molecule has 0 bridgehead atoms. The molecule has 1 aromatic rings. The van der Waals surface area contributed by atoms with Gasteiger partial charge < -0.3 is 10.8 Å². The van der Waals surface area contributed by atoms with Crippen LogP contribution in [0.25, 0.3) is 0 Å². The summed E-state index contributed by atoms with van der Waals surface area (Å²) in [6.07, 6.45) is -4.57. The predicted octanol–water partition coefficient (Wildman–Crippen LogP) is 2.22. The van der Waals surface area contributed by atoms with Gasteiger partial charge in [-0.1, -0.05) is 17.7 Å². The first-order valence-electron chi connectivity index (χ1n) is 4.57. The highest BCUT2D eigenvalue weighted by Gasteiger charge is 2.34. The zero-order chi connectivity index (χ0) is 12.3. The minimum atomic E-state index is -4.46. The summed E-state index contributed by atoms with van der Waals surface area (Å²) >= 11 is 5.70. The van der Waals surface area contributed by atoms with Crippen molar-refractivity contribution in [1.29, 1.82) is 0 Å². The molecule has 0 heterocycles. The lowest BCUT2D eigenvalue weighted by atomic mass is 10.0. The van der Waals surface area contributed by atoms with E-state index in [1.165, 1.54) is 12.1 Å². The fourth-order valence-corrected chi connectivity index (χ4v) is 1.61. The Hall–Kier alpha value is -0.780. The fraction of sp³-hybridized carbons (Fsp3) is 0.400. The van der Waals surface area contributed by atoms with E-state index < -0.39 is 17.8 Å². The third-order valence-electron chi connectivity index (χ3n) is 2.13. The van der Waals surface area contributed by atoms with Gasteiger partial charge in [0.05, 0.1) is 12.2 Å². The van der Waals surface area contributed by atoms with E-state index >= 15 is 0 Å². The molecule has 6 heteroatoms. The predicted molar refractivity (Wildman–Crippen MR) is 55.2 cm³/mol. The van der Waals surface area contributed by atoms with Gasteiger partial charge in [0.1, 0.15) is 0 Å². The number of rotatable bonds is 3. The summed E-state index contributed by atoms with van der Waals surface area (Å²) in [6, 6.07) is 2.81. The second-order valence-electron chi connectivity index (χ2n) is 3.41. The number of nitrogens with two attached hydrogens (primary N) is 1. The Balaban J connectivity index is 3.14. The van der Waals surface area contributed by atoms with E-state index in [0.29, 0.717) is 0 Å². The summed E-state index contributed by atoms with van der Waals surface area (Å²) in [6.45, 7) is -0.386. The SMILES string of the molecule is NC(CO)Cc1c(Cl)cccc1C(F)(F)F. The lowest BCUT2D eigenvalue weighted by Crippen LogP contribution is -2.28. The highest BCUT2D eigenvalue weighted by Crippen LogP contribution is 2.35. The molecule has 0 fully saturated rings. The molecule has 1 rings (SSSR count). The number of alkyl halides is 3. The topological polar surface area (TPSA) is 46.2 Å². The first kappa shape index (κ1) is 13.3. The number of benzene rings is 1. The van der Waals surface area contributed by atoms with Gasteiger partial charge in [-0.2, -0.15) is 13.2 Å². The van der Waals surface area contributed by atoms with Crippen molar-refractivity contribution < 1.29 is 18.3 Å². The van der Waals surface area contributed by atoms with E-state index in [1.807, 2.05) is 0 Å². The maximum Gasteiger partial charge on any atom is 0.416 e. The maximum absolute atomic E-state index is 12.6. The lowest BCUT2D eigenvalue weighted by Gasteiger charge is -2.16. The molecule has 0 saturated carbocycles. The minimum absolute atomic E-state index is 0.0127. The molecule has 3 N–H and O–H groups in total. The van der Waals surface area contributed by atoms with Crippen LogP contribution in [0, 0.1) is 0 Å². The molecular weight excluding hydrogens is 243 g/mol. The summed E-state index contributed by atoms with van der Waals surface area (Å²) in [7, 11) is 0. The van der Waals surface area contributed by atoms with Crippen molar-refractivity contribution >= 4 is 11.6 Å². The number of aliphatic hydroxyl groups is 1. The van der Waals surface area contributed by atoms with Crippen LogP contribution >= 0.6 is 11.6 Å². The van der Waals surface area contributed by atoms with E-state index in [2.05, 4.69) is 0 Å². The van der Waals surface area contributed by atoms with Gasteiger partial charge in [0.15, 0.2) is 0 Å². The largest absolute Gasteiger partial charge is 0.416 e. The minimum Gasteiger partial charge on any atom is -0.395 e. The summed E-state index contributed by atoms with van der Waals surface area (Å²) in [4.78, 5) is 0. The quantitative estimate of drug-likeness (QED) is 0.868. The molecule has 0 aliphatic carbocycles. The van der Waals surface area contributed by atoms with Crippen LogP contribution in [0.15, 0.2) is 18.2 Å². The summed E-state index contributed by atoms with van der Waals surface area (Å²) in [5.41, 5.74) is 4.54. The van der Waals surface area contributed by atoms with Crippen LogP contribution in [0.5, 0.6) is 0 Å².